The fourth-order valence-corrected chi connectivity index (χ4v) is 3.43. The molecule has 0 spiro atoms. The van der Waals surface area contributed by atoms with Crippen molar-refractivity contribution in [1.29, 1.82) is 0 Å². The molecule has 0 radical (unpaired) electrons. The molecule has 0 aliphatic rings. The van der Waals surface area contributed by atoms with Crippen LogP contribution < -0.4 is 20.1 Å². The molecule has 0 aliphatic heterocycles. The van der Waals surface area contributed by atoms with Crippen LogP contribution in [0.25, 0.3) is 0 Å². The first-order chi connectivity index (χ1) is 16.9. The van der Waals surface area contributed by atoms with E-state index in [1.165, 1.54) is 0 Å². The van der Waals surface area contributed by atoms with Gasteiger partial charge in [-0.2, -0.15) is 0 Å². The number of para-hydroxylation sites is 2. The summed E-state index contributed by atoms with van der Waals surface area (Å²) in [5.41, 5.74) is 2.09. The summed E-state index contributed by atoms with van der Waals surface area (Å²) in [5, 5.41) is 5.89. The summed E-state index contributed by atoms with van der Waals surface area (Å²) < 4.78 is 11.4. The summed E-state index contributed by atoms with van der Waals surface area (Å²) in [6.45, 7) is 0.626. The minimum atomic E-state index is -0.380. The Balaban J connectivity index is 1.52. The number of rotatable bonds is 10. The lowest BCUT2D eigenvalue weighted by Crippen LogP contribution is -2.34. The zero-order valence-corrected chi connectivity index (χ0v) is 20.6. The van der Waals surface area contributed by atoms with Crippen LogP contribution in [0.5, 0.6) is 11.5 Å². The molecule has 0 atom stereocenters. The van der Waals surface area contributed by atoms with E-state index < -0.39 is 0 Å². The smallest absolute Gasteiger partial charge is 0.261 e. The summed E-state index contributed by atoms with van der Waals surface area (Å²) in [4.78, 5) is 26.2. The predicted molar refractivity (Wildman–Crippen MR) is 141 cm³/mol. The monoisotopic (exact) mass is 491 g/mol. The number of thiocarbonyl (C=S) groups is 1. The number of carbonyl (C=O) groups excluding carboxylic acids is 2. The molecule has 0 bridgehead atoms. The number of aryl methyl sites for hydroxylation is 1. The number of nitrogens with one attached hydrogen (secondary N) is 2. The predicted octanol–water partition coefficient (Wildman–Crippen LogP) is 4.29. The SMILES string of the molecule is CN(C)C(=O)CCc1cccc(NC(=S)NC(=O)c2ccccc2OCCOc2ccccc2)c1. The Morgan fingerprint density at radius 2 is 1.60 bits per heavy atom. The van der Waals surface area contributed by atoms with Gasteiger partial charge in [-0.3, -0.25) is 14.9 Å². The molecular formula is C27H29N3O4S. The number of hydrogen-bond donors (Lipinski definition) is 2. The molecule has 7 nitrogen and oxygen atoms in total. The quantitative estimate of drug-likeness (QED) is 0.325. The fraction of sp³-hybridized carbons (Fsp3) is 0.222. The van der Waals surface area contributed by atoms with Crippen molar-refractivity contribution in [2.45, 2.75) is 12.8 Å². The largest absolute Gasteiger partial charge is 0.490 e. The third-order valence-electron chi connectivity index (χ3n) is 5.02. The van der Waals surface area contributed by atoms with Gasteiger partial charge in [0.15, 0.2) is 5.11 Å². The van der Waals surface area contributed by atoms with Crippen LogP contribution in [-0.2, 0) is 11.2 Å². The van der Waals surface area contributed by atoms with Crippen molar-refractivity contribution in [3.63, 3.8) is 0 Å². The lowest BCUT2D eigenvalue weighted by atomic mass is 10.1. The number of hydrogen-bond acceptors (Lipinski definition) is 5. The highest BCUT2D eigenvalue weighted by Crippen LogP contribution is 2.18. The Morgan fingerprint density at radius 1 is 0.886 bits per heavy atom. The first-order valence-corrected chi connectivity index (χ1v) is 11.6. The second-order valence-electron chi connectivity index (χ2n) is 7.90. The maximum Gasteiger partial charge on any atom is 0.261 e. The third-order valence-corrected chi connectivity index (χ3v) is 5.23. The summed E-state index contributed by atoms with van der Waals surface area (Å²) in [6, 6.07) is 24.0. The van der Waals surface area contributed by atoms with Gasteiger partial charge in [-0.05, 0) is 60.6 Å². The minimum Gasteiger partial charge on any atom is -0.490 e. The van der Waals surface area contributed by atoms with Crippen molar-refractivity contribution in [3.05, 3.63) is 90.0 Å². The summed E-state index contributed by atoms with van der Waals surface area (Å²) in [5.74, 6) is 0.886. The van der Waals surface area contributed by atoms with Gasteiger partial charge >= 0.3 is 0 Å². The average Bonchev–Trinajstić information content (AvgIpc) is 2.86. The summed E-state index contributed by atoms with van der Waals surface area (Å²) in [6.07, 6.45) is 1.04. The van der Waals surface area contributed by atoms with Gasteiger partial charge in [0, 0.05) is 26.2 Å². The van der Waals surface area contributed by atoms with E-state index in [0.717, 1.165) is 17.0 Å². The number of benzene rings is 3. The molecule has 2 amide bonds. The zero-order valence-electron chi connectivity index (χ0n) is 19.8. The van der Waals surface area contributed by atoms with Crippen LogP contribution in [0.1, 0.15) is 22.3 Å². The molecule has 2 N–H and O–H groups in total. The average molecular weight is 492 g/mol. The normalized spacial score (nSPS) is 10.2. The van der Waals surface area contributed by atoms with E-state index in [-0.39, 0.29) is 23.5 Å². The molecule has 0 aromatic heterocycles. The molecule has 3 aromatic rings. The van der Waals surface area contributed by atoms with Crippen LogP contribution >= 0.6 is 12.2 Å². The van der Waals surface area contributed by atoms with Gasteiger partial charge in [0.2, 0.25) is 5.91 Å². The molecule has 0 fully saturated rings. The molecule has 35 heavy (non-hydrogen) atoms. The molecule has 0 saturated heterocycles. The molecule has 182 valence electrons. The third kappa shape index (κ3) is 8.42. The van der Waals surface area contributed by atoms with Crippen LogP contribution in [0, 0.1) is 0 Å². The lowest BCUT2D eigenvalue weighted by Gasteiger charge is -2.14. The number of nitrogens with zero attached hydrogens (tertiary/aromatic N) is 1. The summed E-state index contributed by atoms with van der Waals surface area (Å²) >= 11 is 5.33. The van der Waals surface area contributed by atoms with Crippen LogP contribution in [0.2, 0.25) is 0 Å². The Hall–Kier alpha value is -3.91. The Bertz CT molecular complexity index is 1150. The van der Waals surface area contributed by atoms with Gasteiger partial charge in [-0.15, -0.1) is 0 Å². The second kappa shape index (κ2) is 13.1. The van der Waals surface area contributed by atoms with Crippen molar-refractivity contribution < 1.29 is 19.1 Å². The molecule has 0 unspecified atom stereocenters. The number of ether oxygens (including phenoxy) is 2. The number of anilines is 1. The Kier molecular flexibility index (Phi) is 9.62. The first kappa shape index (κ1) is 25.7. The lowest BCUT2D eigenvalue weighted by molar-refractivity contribution is -0.128. The second-order valence-corrected chi connectivity index (χ2v) is 8.31. The molecule has 3 aromatic carbocycles. The van der Waals surface area contributed by atoms with E-state index in [4.69, 9.17) is 21.7 Å². The maximum absolute atomic E-state index is 12.8. The van der Waals surface area contributed by atoms with Gasteiger partial charge in [-0.25, -0.2) is 0 Å². The molecule has 8 heteroatoms. The first-order valence-electron chi connectivity index (χ1n) is 11.2. The van der Waals surface area contributed by atoms with Crippen molar-refractivity contribution >= 4 is 34.8 Å². The zero-order chi connectivity index (χ0) is 25.0. The van der Waals surface area contributed by atoms with Crippen molar-refractivity contribution in [2.75, 3.05) is 32.6 Å². The standard InChI is InChI=1S/C27H29N3O4S/c1-30(2)25(31)16-15-20-9-8-10-21(19-20)28-27(35)29-26(32)23-13-6-7-14-24(23)34-18-17-33-22-11-4-3-5-12-22/h3-14,19H,15-18H2,1-2H3,(H2,28,29,32,35). The van der Waals surface area contributed by atoms with E-state index in [9.17, 15) is 9.59 Å². The van der Waals surface area contributed by atoms with Gasteiger partial charge in [0.05, 0.1) is 5.56 Å². The van der Waals surface area contributed by atoms with E-state index in [1.807, 2.05) is 54.6 Å². The van der Waals surface area contributed by atoms with Crippen molar-refractivity contribution in [2.24, 2.45) is 0 Å². The molecular weight excluding hydrogens is 462 g/mol. The van der Waals surface area contributed by atoms with Crippen LogP contribution in [0.15, 0.2) is 78.9 Å². The fourth-order valence-electron chi connectivity index (χ4n) is 3.22. The Morgan fingerprint density at radius 3 is 2.37 bits per heavy atom. The maximum atomic E-state index is 12.8. The van der Waals surface area contributed by atoms with E-state index in [2.05, 4.69) is 10.6 Å². The van der Waals surface area contributed by atoms with Gasteiger partial charge < -0.3 is 19.7 Å². The number of amides is 2. The molecule has 0 heterocycles. The molecule has 0 saturated carbocycles. The van der Waals surface area contributed by atoms with Crippen LogP contribution in [0.4, 0.5) is 5.69 Å². The molecule has 3 rings (SSSR count). The number of carbonyl (C=O) groups is 2. The highest BCUT2D eigenvalue weighted by Gasteiger charge is 2.14. The van der Waals surface area contributed by atoms with Crippen molar-refractivity contribution in [1.82, 2.24) is 10.2 Å². The van der Waals surface area contributed by atoms with E-state index in [1.54, 1.807) is 43.3 Å². The Labute approximate surface area is 211 Å². The van der Waals surface area contributed by atoms with Crippen LogP contribution in [0.3, 0.4) is 0 Å². The van der Waals surface area contributed by atoms with Gasteiger partial charge in [0.1, 0.15) is 24.7 Å². The van der Waals surface area contributed by atoms with E-state index >= 15 is 0 Å². The highest BCUT2D eigenvalue weighted by atomic mass is 32.1. The van der Waals surface area contributed by atoms with Gasteiger partial charge in [-0.1, -0.05) is 42.5 Å². The summed E-state index contributed by atoms with van der Waals surface area (Å²) in [7, 11) is 3.48. The van der Waals surface area contributed by atoms with Crippen molar-refractivity contribution in [3.8, 4) is 11.5 Å². The van der Waals surface area contributed by atoms with Gasteiger partial charge in [0.25, 0.3) is 5.91 Å². The van der Waals surface area contributed by atoms with E-state index in [0.29, 0.717) is 30.8 Å². The van der Waals surface area contributed by atoms with Crippen LogP contribution in [-0.4, -0.2) is 49.1 Å². The molecule has 0 aliphatic carbocycles. The highest BCUT2D eigenvalue weighted by molar-refractivity contribution is 7.80. The minimum absolute atomic E-state index is 0.0682. The topological polar surface area (TPSA) is 79.9 Å².